The molecule has 1 amide bonds. The molecule has 0 fully saturated rings. The van der Waals surface area contributed by atoms with E-state index in [9.17, 15) is 19.1 Å². The molecule has 0 spiro atoms. The molecule has 3 rings (SSSR count). The monoisotopic (exact) mass is 330 g/mol. The van der Waals surface area contributed by atoms with Crippen molar-refractivity contribution in [1.29, 1.82) is 0 Å². The third-order valence-electron chi connectivity index (χ3n) is 3.29. The van der Waals surface area contributed by atoms with E-state index in [-0.39, 0.29) is 11.1 Å². The van der Waals surface area contributed by atoms with E-state index in [1.54, 1.807) is 6.07 Å². The van der Waals surface area contributed by atoms with Gasteiger partial charge in [0.1, 0.15) is 5.82 Å². The summed E-state index contributed by atoms with van der Waals surface area (Å²) in [4.78, 5) is 27.8. The van der Waals surface area contributed by atoms with Gasteiger partial charge in [-0.05, 0) is 35.2 Å². The summed E-state index contributed by atoms with van der Waals surface area (Å²) in [5, 5.41) is 13.6. The first-order valence-corrected chi connectivity index (χ1v) is 7.55. The predicted molar refractivity (Wildman–Crippen MR) is 83.9 cm³/mol. The van der Waals surface area contributed by atoms with Crippen LogP contribution in [0.4, 0.5) is 4.39 Å². The average molecular weight is 330 g/mol. The number of aliphatic carboxylic acids is 1. The molecule has 2 N–H and O–H groups in total. The number of halogens is 1. The van der Waals surface area contributed by atoms with Crippen molar-refractivity contribution < 1.29 is 19.1 Å². The van der Waals surface area contributed by atoms with Crippen molar-refractivity contribution >= 4 is 33.4 Å². The Morgan fingerprint density at radius 3 is 2.65 bits per heavy atom. The van der Waals surface area contributed by atoms with Crippen LogP contribution in [0.1, 0.15) is 22.0 Å². The summed E-state index contributed by atoms with van der Waals surface area (Å²) < 4.78 is 13.8. The second kappa shape index (κ2) is 6.13. The van der Waals surface area contributed by atoms with E-state index in [4.69, 9.17) is 0 Å². The summed E-state index contributed by atoms with van der Waals surface area (Å²) in [6, 6.07) is 7.19. The van der Waals surface area contributed by atoms with Gasteiger partial charge in [-0.25, -0.2) is 9.18 Å². The molecule has 5 nitrogen and oxygen atoms in total. The maximum Gasteiger partial charge on any atom is 0.330 e. The van der Waals surface area contributed by atoms with Crippen LogP contribution >= 0.6 is 11.3 Å². The lowest BCUT2D eigenvalue weighted by Crippen LogP contribution is -2.33. The van der Waals surface area contributed by atoms with Crippen LogP contribution in [0.25, 0.3) is 10.2 Å². The highest BCUT2D eigenvalue weighted by atomic mass is 32.1. The molecule has 0 saturated carbocycles. The van der Waals surface area contributed by atoms with Crippen molar-refractivity contribution in [1.82, 2.24) is 10.3 Å². The summed E-state index contributed by atoms with van der Waals surface area (Å²) in [6.45, 7) is 0. The van der Waals surface area contributed by atoms with Gasteiger partial charge in [-0.1, -0.05) is 12.1 Å². The number of carboxylic acids is 1. The van der Waals surface area contributed by atoms with Crippen LogP contribution in [0.5, 0.6) is 0 Å². The molecule has 0 aliphatic heterocycles. The number of hydrogen-bond acceptors (Lipinski definition) is 4. The molecule has 2 heterocycles. The summed E-state index contributed by atoms with van der Waals surface area (Å²) in [5.41, 5.74) is 1.34. The number of aromatic nitrogens is 1. The van der Waals surface area contributed by atoms with Gasteiger partial charge in [0.25, 0.3) is 5.91 Å². The Kier molecular flexibility index (Phi) is 4.03. The zero-order valence-corrected chi connectivity index (χ0v) is 12.5. The molecule has 7 heteroatoms. The largest absolute Gasteiger partial charge is 0.479 e. The maximum absolute atomic E-state index is 13.0. The lowest BCUT2D eigenvalue weighted by atomic mass is 10.1. The minimum Gasteiger partial charge on any atom is -0.479 e. The number of nitrogens with zero attached hydrogens (tertiary/aromatic N) is 1. The molecular weight excluding hydrogens is 319 g/mol. The quantitative estimate of drug-likeness (QED) is 0.771. The molecule has 0 aliphatic rings. The average Bonchev–Trinajstić information content (AvgIpc) is 3.00. The van der Waals surface area contributed by atoms with Gasteiger partial charge in [0.15, 0.2) is 6.04 Å². The van der Waals surface area contributed by atoms with Gasteiger partial charge in [-0.2, -0.15) is 0 Å². The zero-order valence-electron chi connectivity index (χ0n) is 11.7. The van der Waals surface area contributed by atoms with Crippen LogP contribution in [-0.4, -0.2) is 22.0 Å². The van der Waals surface area contributed by atoms with Crippen molar-refractivity contribution in [2.75, 3.05) is 0 Å². The molecule has 3 aromatic rings. The van der Waals surface area contributed by atoms with Crippen molar-refractivity contribution in [2.24, 2.45) is 0 Å². The van der Waals surface area contributed by atoms with E-state index in [0.29, 0.717) is 0 Å². The number of rotatable bonds is 4. The Hall–Kier alpha value is -2.80. The fraction of sp³-hybridized carbons (Fsp3) is 0.0625. The Bertz CT molecular complexity index is 876. The minimum absolute atomic E-state index is 0.272. The molecule has 0 bridgehead atoms. The number of fused-ring (bicyclic) bond motifs is 1. The van der Waals surface area contributed by atoms with Crippen molar-refractivity contribution in [2.45, 2.75) is 6.04 Å². The number of amides is 1. The lowest BCUT2D eigenvalue weighted by molar-refractivity contribution is -0.139. The van der Waals surface area contributed by atoms with Gasteiger partial charge in [-0.3, -0.25) is 9.78 Å². The summed E-state index contributed by atoms with van der Waals surface area (Å²) in [7, 11) is 0. The lowest BCUT2D eigenvalue weighted by Gasteiger charge is -2.15. The number of carbonyl (C=O) groups is 2. The number of carboxylic acid groups (broad SMARTS) is 1. The van der Waals surface area contributed by atoms with Crippen LogP contribution in [0, 0.1) is 5.82 Å². The second-order valence-electron chi connectivity index (χ2n) is 4.82. The SMILES string of the molecule is O=C(NC(C(=O)O)c1ccc(F)cc1)c1cnc2ccsc2c1. The Morgan fingerprint density at radius 2 is 1.96 bits per heavy atom. The van der Waals surface area contributed by atoms with Crippen LogP contribution in [0.15, 0.2) is 48.0 Å². The summed E-state index contributed by atoms with van der Waals surface area (Å²) in [6.07, 6.45) is 1.40. The minimum atomic E-state index is -1.26. The summed E-state index contributed by atoms with van der Waals surface area (Å²) in [5.74, 6) is -2.25. The standard InChI is InChI=1S/C16H11FN2O3S/c17-11-3-1-9(2-4-11)14(16(21)22)19-15(20)10-7-13-12(18-8-10)5-6-23-13/h1-8,14H,(H,19,20)(H,21,22). The van der Waals surface area contributed by atoms with Gasteiger partial charge < -0.3 is 10.4 Å². The van der Waals surface area contributed by atoms with Crippen LogP contribution in [-0.2, 0) is 4.79 Å². The normalized spacial score (nSPS) is 12.0. The van der Waals surface area contributed by atoms with E-state index >= 15 is 0 Å². The first-order valence-electron chi connectivity index (χ1n) is 6.67. The number of hydrogen-bond donors (Lipinski definition) is 2. The molecule has 0 aliphatic carbocycles. The fourth-order valence-corrected chi connectivity index (χ4v) is 2.91. The van der Waals surface area contributed by atoms with Gasteiger partial charge in [0, 0.05) is 6.20 Å². The van der Waals surface area contributed by atoms with Crippen LogP contribution in [0.3, 0.4) is 0 Å². The van der Waals surface area contributed by atoms with Crippen LogP contribution < -0.4 is 5.32 Å². The van der Waals surface area contributed by atoms with E-state index < -0.39 is 23.7 Å². The molecule has 23 heavy (non-hydrogen) atoms. The Labute approximate surface area is 134 Å². The second-order valence-corrected chi connectivity index (χ2v) is 5.77. The maximum atomic E-state index is 13.0. The highest BCUT2D eigenvalue weighted by Gasteiger charge is 2.23. The van der Waals surface area contributed by atoms with Gasteiger partial charge in [-0.15, -0.1) is 11.3 Å². The van der Waals surface area contributed by atoms with Gasteiger partial charge in [0.05, 0.1) is 15.8 Å². The van der Waals surface area contributed by atoms with Gasteiger partial charge >= 0.3 is 5.97 Å². The molecular formula is C16H11FN2O3S. The topological polar surface area (TPSA) is 79.3 Å². The number of pyridine rings is 1. The van der Waals surface area contributed by atoms with E-state index in [0.717, 1.165) is 22.3 Å². The molecule has 116 valence electrons. The first kappa shape index (κ1) is 15.1. The van der Waals surface area contributed by atoms with Crippen LogP contribution in [0.2, 0.25) is 0 Å². The van der Waals surface area contributed by atoms with Crippen molar-refractivity contribution in [3.8, 4) is 0 Å². The third-order valence-corrected chi connectivity index (χ3v) is 4.14. The zero-order chi connectivity index (χ0) is 16.4. The summed E-state index contributed by atoms with van der Waals surface area (Å²) >= 11 is 1.44. The molecule has 2 aromatic heterocycles. The molecule has 0 radical (unpaired) electrons. The number of thiophene rings is 1. The van der Waals surface area contributed by atoms with Crippen molar-refractivity contribution in [3.63, 3.8) is 0 Å². The predicted octanol–water partition coefficient (Wildman–Crippen LogP) is 2.99. The Balaban J connectivity index is 1.85. The molecule has 0 saturated heterocycles. The van der Waals surface area contributed by atoms with E-state index in [2.05, 4.69) is 10.3 Å². The molecule has 1 unspecified atom stereocenters. The van der Waals surface area contributed by atoms with Crippen molar-refractivity contribution in [3.05, 3.63) is 64.9 Å². The first-order chi connectivity index (χ1) is 11.0. The number of carbonyl (C=O) groups excluding carboxylic acids is 1. The Morgan fingerprint density at radius 1 is 1.22 bits per heavy atom. The number of nitrogens with one attached hydrogen (secondary N) is 1. The fourth-order valence-electron chi connectivity index (χ4n) is 2.13. The molecule has 1 aromatic carbocycles. The highest BCUT2D eigenvalue weighted by Crippen LogP contribution is 2.20. The molecule has 1 atom stereocenters. The van der Waals surface area contributed by atoms with E-state index in [1.165, 1.54) is 29.7 Å². The number of benzene rings is 1. The van der Waals surface area contributed by atoms with E-state index in [1.807, 2.05) is 11.4 Å². The van der Waals surface area contributed by atoms with Gasteiger partial charge in [0.2, 0.25) is 0 Å². The third kappa shape index (κ3) is 3.19. The highest BCUT2D eigenvalue weighted by molar-refractivity contribution is 7.17. The smallest absolute Gasteiger partial charge is 0.330 e.